The van der Waals surface area contributed by atoms with E-state index in [2.05, 4.69) is 53.6 Å². The third-order valence-electron chi connectivity index (χ3n) is 2.74. The number of rotatable bonds is 2. The van der Waals surface area contributed by atoms with Crippen LogP contribution in [0.4, 0.5) is 0 Å². The molecule has 0 aliphatic heterocycles. The Balaban J connectivity index is 4.22. The van der Waals surface area contributed by atoms with Crippen LogP contribution in [-0.2, 0) is 0 Å². The topological polar surface area (TPSA) is 3.24 Å². The highest BCUT2D eigenvalue weighted by Crippen LogP contribution is 2.37. The molecule has 0 aromatic carbocycles. The van der Waals surface area contributed by atoms with Crippen LogP contribution in [-0.4, -0.2) is 25.5 Å². The van der Waals surface area contributed by atoms with E-state index in [9.17, 15) is 0 Å². The molecular weight excluding hydrogens is 134 g/mol. The summed E-state index contributed by atoms with van der Waals surface area (Å²) >= 11 is 0. The lowest BCUT2D eigenvalue weighted by Crippen LogP contribution is -2.38. The molecule has 0 amide bonds. The Bertz CT molecular complexity index is 117. The van der Waals surface area contributed by atoms with E-state index in [0.717, 1.165) is 6.54 Å². The maximum atomic E-state index is 2.33. The van der Waals surface area contributed by atoms with Gasteiger partial charge in [0.2, 0.25) is 0 Å². The predicted octanol–water partition coefficient (Wildman–Crippen LogP) is 2.62. The van der Waals surface area contributed by atoms with Crippen molar-refractivity contribution in [2.45, 2.75) is 34.6 Å². The highest BCUT2D eigenvalue weighted by atomic mass is 15.1. The zero-order valence-electron chi connectivity index (χ0n) is 9.15. The molecule has 0 heterocycles. The fourth-order valence-electron chi connectivity index (χ4n) is 1.03. The van der Waals surface area contributed by atoms with Crippen LogP contribution in [0.2, 0.25) is 0 Å². The average Bonchev–Trinajstić information content (AvgIpc) is 1.56. The van der Waals surface area contributed by atoms with Gasteiger partial charge in [-0.3, -0.25) is 0 Å². The smallest absolute Gasteiger partial charge is 0.00316 e. The Morgan fingerprint density at radius 1 is 0.909 bits per heavy atom. The molecule has 0 bridgehead atoms. The monoisotopic (exact) mass is 157 g/mol. The molecular formula is C10H23N. The van der Waals surface area contributed by atoms with Gasteiger partial charge >= 0.3 is 0 Å². The fraction of sp³-hybridized carbons (Fsp3) is 1.00. The summed E-state index contributed by atoms with van der Waals surface area (Å²) in [6.07, 6.45) is 0. The number of nitrogens with zero attached hydrogens (tertiary/aromatic N) is 1. The van der Waals surface area contributed by atoms with Crippen molar-refractivity contribution in [3.05, 3.63) is 0 Å². The van der Waals surface area contributed by atoms with E-state index in [4.69, 9.17) is 0 Å². The van der Waals surface area contributed by atoms with Gasteiger partial charge in [0, 0.05) is 6.54 Å². The van der Waals surface area contributed by atoms with Gasteiger partial charge in [0.05, 0.1) is 0 Å². The summed E-state index contributed by atoms with van der Waals surface area (Å²) in [7, 11) is 4.26. The van der Waals surface area contributed by atoms with Crippen molar-refractivity contribution < 1.29 is 0 Å². The maximum absolute atomic E-state index is 2.33. The molecule has 0 rings (SSSR count). The van der Waals surface area contributed by atoms with Crippen LogP contribution in [0.25, 0.3) is 0 Å². The van der Waals surface area contributed by atoms with Crippen LogP contribution in [0.15, 0.2) is 0 Å². The van der Waals surface area contributed by atoms with E-state index in [1.54, 1.807) is 0 Å². The van der Waals surface area contributed by atoms with Gasteiger partial charge in [-0.05, 0) is 24.9 Å². The van der Waals surface area contributed by atoms with Gasteiger partial charge in [0.25, 0.3) is 0 Å². The molecule has 0 unspecified atom stereocenters. The molecule has 0 radical (unpaired) electrons. The molecule has 0 fully saturated rings. The lowest BCUT2D eigenvalue weighted by molar-refractivity contribution is 0.0922. The van der Waals surface area contributed by atoms with E-state index in [-0.39, 0.29) is 0 Å². The van der Waals surface area contributed by atoms with E-state index in [1.807, 2.05) is 0 Å². The minimum atomic E-state index is 0.385. The lowest BCUT2D eigenvalue weighted by Gasteiger charge is -2.40. The minimum absolute atomic E-state index is 0.385. The molecule has 1 nitrogen and oxygen atoms in total. The van der Waals surface area contributed by atoms with Crippen molar-refractivity contribution in [1.82, 2.24) is 4.90 Å². The number of hydrogen-bond acceptors (Lipinski definition) is 1. The molecule has 0 aromatic rings. The van der Waals surface area contributed by atoms with Gasteiger partial charge in [-0.25, -0.2) is 0 Å². The Labute approximate surface area is 71.8 Å². The van der Waals surface area contributed by atoms with Gasteiger partial charge in [0.1, 0.15) is 0 Å². The molecule has 0 aromatic heterocycles. The van der Waals surface area contributed by atoms with Crippen molar-refractivity contribution in [2.24, 2.45) is 10.8 Å². The quantitative estimate of drug-likeness (QED) is 0.595. The molecule has 0 N–H and O–H groups in total. The molecule has 11 heavy (non-hydrogen) atoms. The summed E-state index contributed by atoms with van der Waals surface area (Å²) in [5, 5.41) is 0. The van der Waals surface area contributed by atoms with Crippen molar-refractivity contribution in [3.63, 3.8) is 0 Å². The van der Waals surface area contributed by atoms with E-state index < -0.39 is 0 Å². The van der Waals surface area contributed by atoms with Crippen LogP contribution in [0.3, 0.4) is 0 Å². The summed E-state index contributed by atoms with van der Waals surface area (Å²) in [5.41, 5.74) is 0.772. The van der Waals surface area contributed by atoms with E-state index in [0.29, 0.717) is 10.8 Å². The van der Waals surface area contributed by atoms with Crippen molar-refractivity contribution in [2.75, 3.05) is 20.6 Å². The third-order valence-corrected chi connectivity index (χ3v) is 2.74. The maximum Gasteiger partial charge on any atom is 0.00316 e. The van der Waals surface area contributed by atoms with E-state index >= 15 is 0 Å². The van der Waals surface area contributed by atoms with Crippen LogP contribution in [0.1, 0.15) is 34.6 Å². The molecule has 0 atom stereocenters. The standard InChI is InChI=1S/C10H23N/c1-9(2,3)10(4,5)8-11(6)7/h8H2,1-7H3. The SMILES string of the molecule is CN(C)CC(C)(C)C(C)(C)C. The van der Waals surface area contributed by atoms with Crippen LogP contribution in [0.5, 0.6) is 0 Å². The molecule has 68 valence electrons. The Hall–Kier alpha value is -0.0400. The Kier molecular flexibility index (Phi) is 3.13. The molecule has 0 spiro atoms. The Morgan fingerprint density at radius 3 is 1.36 bits per heavy atom. The van der Waals surface area contributed by atoms with Crippen LogP contribution in [0, 0.1) is 10.8 Å². The van der Waals surface area contributed by atoms with Crippen LogP contribution < -0.4 is 0 Å². The highest BCUT2D eigenvalue weighted by Gasteiger charge is 2.32. The number of hydrogen-bond donors (Lipinski definition) is 0. The largest absolute Gasteiger partial charge is 0.309 e. The first-order chi connectivity index (χ1) is 4.67. The van der Waals surface area contributed by atoms with Crippen molar-refractivity contribution in [1.29, 1.82) is 0 Å². The average molecular weight is 157 g/mol. The first kappa shape index (κ1) is 11.0. The summed E-state index contributed by atoms with van der Waals surface area (Å²) in [6, 6.07) is 0. The second-order valence-corrected chi connectivity index (χ2v) is 5.37. The normalized spacial score (nSPS) is 14.2. The molecule has 0 aliphatic rings. The molecule has 0 saturated carbocycles. The van der Waals surface area contributed by atoms with Crippen molar-refractivity contribution in [3.8, 4) is 0 Å². The predicted molar refractivity (Wildman–Crippen MR) is 51.8 cm³/mol. The lowest BCUT2D eigenvalue weighted by atomic mass is 9.69. The van der Waals surface area contributed by atoms with Crippen molar-refractivity contribution >= 4 is 0 Å². The van der Waals surface area contributed by atoms with Gasteiger partial charge < -0.3 is 4.90 Å². The minimum Gasteiger partial charge on any atom is -0.309 e. The van der Waals surface area contributed by atoms with E-state index in [1.165, 1.54) is 0 Å². The highest BCUT2D eigenvalue weighted by molar-refractivity contribution is 4.83. The molecule has 0 saturated heterocycles. The summed E-state index contributed by atoms with van der Waals surface area (Å²) in [5.74, 6) is 0. The molecule has 1 heteroatoms. The first-order valence-electron chi connectivity index (χ1n) is 4.31. The van der Waals surface area contributed by atoms with Gasteiger partial charge in [-0.2, -0.15) is 0 Å². The van der Waals surface area contributed by atoms with Crippen LogP contribution >= 0.6 is 0 Å². The second-order valence-electron chi connectivity index (χ2n) is 5.37. The molecule has 0 aliphatic carbocycles. The van der Waals surface area contributed by atoms with Gasteiger partial charge in [-0.1, -0.05) is 34.6 Å². The third kappa shape index (κ3) is 3.24. The second kappa shape index (κ2) is 3.14. The summed E-state index contributed by atoms with van der Waals surface area (Å²) in [4.78, 5) is 2.26. The summed E-state index contributed by atoms with van der Waals surface area (Å²) in [6.45, 7) is 12.7. The van der Waals surface area contributed by atoms with Gasteiger partial charge in [0.15, 0.2) is 0 Å². The summed E-state index contributed by atoms with van der Waals surface area (Å²) < 4.78 is 0. The fourth-order valence-corrected chi connectivity index (χ4v) is 1.03. The first-order valence-corrected chi connectivity index (χ1v) is 4.31. The van der Waals surface area contributed by atoms with Gasteiger partial charge in [-0.15, -0.1) is 0 Å². The zero-order valence-corrected chi connectivity index (χ0v) is 9.15. The Morgan fingerprint density at radius 2 is 1.27 bits per heavy atom. The zero-order chi connectivity index (χ0) is 9.28.